The zero-order chi connectivity index (χ0) is 12.1. The average Bonchev–Trinajstić information content (AvgIpc) is 2.76. The van der Waals surface area contributed by atoms with Crippen molar-refractivity contribution >= 4 is 0 Å². The lowest BCUT2D eigenvalue weighted by Gasteiger charge is -2.36. The monoisotopic (exact) mass is 237 g/mol. The number of nitrogens with one attached hydrogen (secondary N) is 1. The van der Waals surface area contributed by atoms with E-state index in [0.717, 1.165) is 25.9 Å². The van der Waals surface area contributed by atoms with Crippen LogP contribution in [0.3, 0.4) is 0 Å². The molecular formula is C13H23N3O. The lowest BCUT2D eigenvalue weighted by atomic mass is 9.82. The Hall–Kier alpha value is -0.870. The van der Waals surface area contributed by atoms with Gasteiger partial charge in [-0.25, -0.2) is 0 Å². The van der Waals surface area contributed by atoms with Crippen molar-refractivity contribution in [3.05, 3.63) is 18.0 Å². The molecule has 1 fully saturated rings. The van der Waals surface area contributed by atoms with Gasteiger partial charge in [0, 0.05) is 18.3 Å². The average molecular weight is 237 g/mol. The standard InChI is InChI=1S/C13H23N3O/c1-12-9-15-16(10-12)8-7-14-13(11-17)5-3-2-4-6-13/h9-10,14,17H,2-8,11H2,1H3. The van der Waals surface area contributed by atoms with Crippen molar-refractivity contribution in [1.29, 1.82) is 0 Å². The summed E-state index contributed by atoms with van der Waals surface area (Å²) in [5.41, 5.74) is 1.17. The molecule has 2 rings (SSSR count). The first-order valence-corrected chi connectivity index (χ1v) is 6.59. The molecule has 17 heavy (non-hydrogen) atoms. The zero-order valence-corrected chi connectivity index (χ0v) is 10.7. The Morgan fingerprint density at radius 2 is 2.18 bits per heavy atom. The van der Waals surface area contributed by atoms with E-state index in [9.17, 15) is 5.11 Å². The van der Waals surface area contributed by atoms with Crippen LogP contribution in [-0.4, -0.2) is 33.6 Å². The molecule has 1 aliphatic rings. The van der Waals surface area contributed by atoms with E-state index >= 15 is 0 Å². The SMILES string of the molecule is Cc1cnn(CCNC2(CO)CCCCC2)c1. The first kappa shape index (κ1) is 12.6. The molecule has 1 aromatic rings. The van der Waals surface area contributed by atoms with Crippen LogP contribution in [0.4, 0.5) is 0 Å². The summed E-state index contributed by atoms with van der Waals surface area (Å²) in [5.74, 6) is 0. The molecule has 4 nitrogen and oxygen atoms in total. The first-order chi connectivity index (χ1) is 8.24. The van der Waals surface area contributed by atoms with Crippen LogP contribution in [-0.2, 0) is 6.54 Å². The molecule has 0 unspecified atom stereocenters. The predicted molar refractivity (Wildman–Crippen MR) is 67.9 cm³/mol. The van der Waals surface area contributed by atoms with E-state index in [1.54, 1.807) is 0 Å². The van der Waals surface area contributed by atoms with Crippen LogP contribution in [0.15, 0.2) is 12.4 Å². The van der Waals surface area contributed by atoms with Crippen LogP contribution in [0, 0.1) is 6.92 Å². The van der Waals surface area contributed by atoms with Crippen molar-refractivity contribution < 1.29 is 5.11 Å². The Bertz CT molecular complexity index is 342. The van der Waals surface area contributed by atoms with Crippen molar-refractivity contribution in [1.82, 2.24) is 15.1 Å². The normalized spacial score (nSPS) is 19.4. The molecule has 4 heteroatoms. The molecule has 0 radical (unpaired) electrons. The van der Waals surface area contributed by atoms with Gasteiger partial charge in [-0.05, 0) is 25.3 Å². The maximum atomic E-state index is 9.56. The van der Waals surface area contributed by atoms with E-state index < -0.39 is 0 Å². The van der Waals surface area contributed by atoms with Gasteiger partial charge < -0.3 is 10.4 Å². The summed E-state index contributed by atoms with van der Waals surface area (Å²) in [7, 11) is 0. The maximum Gasteiger partial charge on any atom is 0.0613 e. The molecule has 0 bridgehead atoms. The van der Waals surface area contributed by atoms with Gasteiger partial charge >= 0.3 is 0 Å². The predicted octanol–water partition coefficient (Wildman–Crippen LogP) is 1.48. The molecular weight excluding hydrogens is 214 g/mol. The van der Waals surface area contributed by atoms with E-state index in [1.807, 2.05) is 24.0 Å². The fraction of sp³-hybridized carbons (Fsp3) is 0.769. The van der Waals surface area contributed by atoms with Gasteiger partial charge in [0.2, 0.25) is 0 Å². The highest BCUT2D eigenvalue weighted by Gasteiger charge is 2.30. The smallest absolute Gasteiger partial charge is 0.0613 e. The summed E-state index contributed by atoms with van der Waals surface area (Å²) in [6, 6.07) is 0. The van der Waals surface area contributed by atoms with Crippen molar-refractivity contribution in [3.63, 3.8) is 0 Å². The van der Waals surface area contributed by atoms with Crippen molar-refractivity contribution in [3.8, 4) is 0 Å². The maximum absolute atomic E-state index is 9.56. The van der Waals surface area contributed by atoms with E-state index in [4.69, 9.17) is 0 Å². The number of aromatic nitrogens is 2. The van der Waals surface area contributed by atoms with E-state index in [1.165, 1.54) is 24.8 Å². The van der Waals surface area contributed by atoms with Crippen LogP contribution in [0.1, 0.15) is 37.7 Å². The number of aliphatic hydroxyl groups is 1. The fourth-order valence-electron chi connectivity index (χ4n) is 2.64. The summed E-state index contributed by atoms with van der Waals surface area (Å²) >= 11 is 0. The Morgan fingerprint density at radius 3 is 2.76 bits per heavy atom. The third-order valence-electron chi connectivity index (χ3n) is 3.72. The van der Waals surface area contributed by atoms with Gasteiger partial charge in [0.15, 0.2) is 0 Å². The molecule has 0 aromatic carbocycles. The third kappa shape index (κ3) is 3.30. The highest BCUT2D eigenvalue weighted by Crippen LogP contribution is 2.27. The van der Waals surface area contributed by atoms with Gasteiger partial charge in [-0.2, -0.15) is 5.10 Å². The fourth-order valence-corrected chi connectivity index (χ4v) is 2.64. The molecule has 2 N–H and O–H groups in total. The van der Waals surface area contributed by atoms with Crippen LogP contribution >= 0.6 is 0 Å². The summed E-state index contributed by atoms with van der Waals surface area (Å²) in [6.45, 7) is 4.05. The Morgan fingerprint density at radius 1 is 1.41 bits per heavy atom. The number of nitrogens with zero attached hydrogens (tertiary/aromatic N) is 2. The number of hydrogen-bond donors (Lipinski definition) is 2. The van der Waals surface area contributed by atoms with Crippen molar-refractivity contribution in [2.24, 2.45) is 0 Å². The largest absolute Gasteiger partial charge is 0.394 e. The third-order valence-corrected chi connectivity index (χ3v) is 3.72. The number of aliphatic hydroxyl groups excluding tert-OH is 1. The van der Waals surface area contributed by atoms with Gasteiger partial charge in [-0.1, -0.05) is 19.3 Å². The van der Waals surface area contributed by atoms with Gasteiger partial charge in [-0.3, -0.25) is 4.68 Å². The number of hydrogen-bond acceptors (Lipinski definition) is 3. The molecule has 0 aliphatic heterocycles. The Balaban J connectivity index is 1.79. The van der Waals surface area contributed by atoms with Crippen LogP contribution in [0.5, 0.6) is 0 Å². The van der Waals surface area contributed by atoms with Crippen LogP contribution in [0.25, 0.3) is 0 Å². The molecule has 0 saturated heterocycles. The lowest BCUT2D eigenvalue weighted by molar-refractivity contribution is 0.120. The van der Waals surface area contributed by atoms with E-state index in [2.05, 4.69) is 10.4 Å². The molecule has 1 aliphatic carbocycles. The second-order valence-electron chi connectivity index (χ2n) is 5.21. The topological polar surface area (TPSA) is 50.1 Å². The minimum atomic E-state index is -0.0273. The number of rotatable bonds is 5. The van der Waals surface area contributed by atoms with Gasteiger partial charge in [0.25, 0.3) is 0 Å². The summed E-state index contributed by atoms with van der Waals surface area (Å²) in [4.78, 5) is 0. The van der Waals surface area contributed by atoms with Gasteiger partial charge in [0.05, 0.1) is 19.3 Å². The summed E-state index contributed by atoms with van der Waals surface area (Å²) < 4.78 is 1.95. The zero-order valence-electron chi connectivity index (χ0n) is 10.7. The Labute approximate surface area is 103 Å². The highest BCUT2D eigenvalue weighted by molar-refractivity contribution is 4.99. The molecule has 1 saturated carbocycles. The molecule has 0 atom stereocenters. The van der Waals surface area contributed by atoms with Gasteiger partial charge in [0.1, 0.15) is 0 Å². The summed E-state index contributed by atoms with van der Waals surface area (Å²) in [6.07, 6.45) is 9.89. The molecule has 0 amide bonds. The second kappa shape index (κ2) is 5.65. The van der Waals surface area contributed by atoms with Crippen LogP contribution in [0.2, 0.25) is 0 Å². The number of aryl methyl sites for hydroxylation is 1. The van der Waals surface area contributed by atoms with E-state index in [-0.39, 0.29) is 12.1 Å². The Kier molecular flexibility index (Phi) is 4.18. The molecule has 1 heterocycles. The van der Waals surface area contributed by atoms with E-state index in [0.29, 0.717) is 0 Å². The van der Waals surface area contributed by atoms with Gasteiger partial charge in [-0.15, -0.1) is 0 Å². The van der Waals surface area contributed by atoms with Crippen LogP contribution < -0.4 is 5.32 Å². The minimum absolute atomic E-state index is 0.0273. The second-order valence-corrected chi connectivity index (χ2v) is 5.21. The van der Waals surface area contributed by atoms with Crippen molar-refractivity contribution in [2.45, 2.75) is 51.1 Å². The molecule has 1 aromatic heterocycles. The minimum Gasteiger partial charge on any atom is -0.394 e. The molecule has 0 spiro atoms. The van der Waals surface area contributed by atoms with Crippen molar-refractivity contribution in [2.75, 3.05) is 13.2 Å². The first-order valence-electron chi connectivity index (χ1n) is 6.59. The molecule has 96 valence electrons. The highest BCUT2D eigenvalue weighted by atomic mass is 16.3. The lowest BCUT2D eigenvalue weighted by Crippen LogP contribution is -2.50. The quantitative estimate of drug-likeness (QED) is 0.815. The summed E-state index contributed by atoms with van der Waals surface area (Å²) in [5, 5.41) is 17.4.